The molecule has 0 saturated carbocycles. The van der Waals surface area contributed by atoms with Crippen LogP contribution in [0.1, 0.15) is 33.1 Å². The van der Waals surface area contributed by atoms with Crippen LogP contribution in [0.2, 0.25) is 0 Å². The first-order valence-electron chi connectivity index (χ1n) is 6.26. The number of nitrogens with one attached hydrogen (secondary N) is 1. The van der Waals surface area contributed by atoms with Crippen LogP contribution in [0.25, 0.3) is 0 Å². The molecule has 106 valence electrons. The van der Waals surface area contributed by atoms with Crippen LogP contribution in [0.3, 0.4) is 0 Å². The summed E-state index contributed by atoms with van der Waals surface area (Å²) in [6.07, 6.45) is 2.16. The number of nitrogens with two attached hydrogens (primary N) is 1. The molecule has 7 heteroatoms. The molecule has 0 aromatic heterocycles. The van der Waals surface area contributed by atoms with Gasteiger partial charge in [-0.3, -0.25) is 0 Å². The molecule has 2 atom stereocenters. The van der Waals surface area contributed by atoms with Crippen LogP contribution in [-0.2, 0) is 14.8 Å². The predicted octanol–water partition coefficient (Wildman–Crippen LogP) is 0.786. The SMILES string of the molecule is CCC(C(N)=S)S(=O)(=O)NC(C)C1CCOCC1. The molecule has 1 rings (SSSR count). The standard InChI is InChI=1S/C11H22N2O3S2/c1-3-10(11(12)17)18(14,15)13-8(2)9-4-6-16-7-5-9/h8-10,13H,3-7H2,1-2H3,(H2,12,17). The molecule has 5 nitrogen and oxygen atoms in total. The van der Waals surface area contributed by atoms with Crippen molar-refractivity contribution in [3.8, 4) is 0 Å². The molecule has 0 bridgehead atoms. The number of sulfonamides is 1. The number of thiocarbonyl (C=S) groups is 1. The molecule has 0 amide bonds. The van der Waals surface area contributed by atoms with Crippen molar-refractivity contribution in [3.05, 3.63) is 0 Å². The Labute approximate surface area is 115 Å². The van der Waals surface area contributed by atoms with Gasteiger partial charge in [-0.15, -0.1) is 0 Å². The smallest absolute Gasteiger partial charge is 0.221 e. The van der Waals surface area contributed by atoms with E-state index >= 15 is 0 Å². The maximum absolute atomic E-state index is 12.1. The molecule has 0 aliphatic carbocycles. The monoisotopic (exact) mass is 294 g/mol. The fourth-order valence-corrected chi connectivity index (χ4v) is 4.39. The van der Waals surface area contributed by atoms with E-state index in [1.165, 1.54) is 0 Å². The predicted molar refractivity (Wildman–Crippen MR) is 75.9 cm³/mol. The number of rotatable bonds is 6. The Kier molecular flexibility index (Phi) is 5.97. The average Bonchev–Trinajstić information content (AvgIpc) is 2.29. The zero-order valence-electron chi connectivity index (χ0n) is 10.9. The number of hydrogen-bond donors (Lipinski definition) is 2. The molecule has 1 aliphatic rings. The van der Waals surface area contributed by atoms with E-state index in [4.69, 9.17) is 22.7 Å². The normalized spacial score (nSPS) is 21.4. The van der Waals surface area contributed by atoms with Crippen molar-refractivity contribution in [1.29, 1.82) is 0 Å². The van der Waals surface area contributed by atoms with Gasteiger partial charge in [0.05, 0.1) is 4.99 Å². The minimum atomic E-state index is -3.48. The largest absolute Gasteiger partial charge is 0.392 e. The van der Waals surface area contributed by atoms with Gasteiger partial charge in [-0.1, -0.05) is 19.1 Å². The van der Waals surface area contributed by atoms with Crippen molar-refractivity contribution in [1.82, 2.24) is 4.72 Å². The molecule has 0 radical (unpaired) electrons. The van der Waals surface area contributed by atoms with Crippen molar-refractivity contribution in [2.45, 2.75) is 44.4 Å². The lowest BCUT2D eigenvalue weighted by Gasteiger charge is -2.29. The van der Waals surface area contributed by atoms with Crippen LogP contribution in [0.5, 0.6) is 0 Å². The lowest BCUT2D eigenvalue weighted by molar-refractivity contribution is 0.0585. The van der Waals surface area contributed by atoms with Crippen LogP contribution >= 0.6 is 12.2 Å². The van der Waals surface area contributed by atoms with E-state index in [0.29, 0.717) is 25.6 Å². The maximum Gasteiger partial charge on any atom is 0.221 e. The van der Waals surface area contributed by atoms with Crippen molar-refractivity contribution < 1.29 is 13.2 Å². The summed E-state index contributed by atoms with van der Waals surface area (Å²) in [5, 5.41) is -0.783. The average molecular weight is 294 g/mol. The van der Waals surface area contributed by atoms with Gasteiger partial charge in [-0.25, -0.2) is 13.1 Å². The molecular weight excluding hydrogens is 272 g/mol. The third-order valence-corrected chi connectivity index (χ3v) is 5.86. The molecule has 1 heterocycles. The summed E-state index contributed by atoms with van der Waals surface area (Å²) in [5.74, 6) is 0.317. The fourth-order valence-electron chi connectivity index (χ4n) is 2.23. The topological polar surface area (TPSA) is 81.4 Å². The van der Waals surface area contributed by atoms with Crippen molar-refractivity contribution in [2.75, 3.05) is 13.2 Å². The highest BCUT2D eigenvalue weighted by molar-refractivity contribution is 7.93. The van der Waals surface area contributed by atoms with Crippen molar-refractivity contribution >= 4 is 27.2 Å². The van der Waals surface area contributed by atoms with E-state index in [2.05, 4.69) is 4.72 Å². The summed E-state index contributed by atoms with van der Waals surface area (Å²) in [6.45, 7) is 5.05. The summed E-state index contributed by atoms with van der Waals surface area (Å²) in [5.41, 5.74) is 5.48. The van der Waals surface area contributed by atoms with Gasteiger partial charge >= 0.3 is 0 Å². The van der Waals surface area contributed by atoms with Crippen LogP contribution in [0.4, 0.5) is 0 Å². The summed E-state index contributed by atoms with van der Waals surface area (Å²) in [6, 6.07) is -0.109. The molecule has 0 aromatic carbocycles. The lowest BCUT2D eigenvalue weighted by atomic mass is 9.94. The summed E-state index contributed by atoms with van der Waals surface area (Å²) >= 11 is 4.81. The number of ether oxygens (including phenoxy) is 1. The minimum absolute atomic E-state index is 0.0316. The van der Waals surface area contributed by atoms with Gasteiger partial charge in [0.1, 0.15) is 5.25 Å². The van der Waals surface area contributed by atoms with Crippen molar-refractivity contribution in [2.24, 2.45) is 11.7 Å². The maximum atomic E-state index is 12.1. The summed E-state index contributed by atoms with van der Waals surface area (Å²) in [7, 11) is -3.48. The van der Waals surface area contributed by atoms with E-state index in [1.807, 2.05) is 6.92 Å². The molecule has 0 spiro atoms. The molecule has 3 N–H and O–H groups in total. The Morgan fingerprint density at radius 1 is 1.50 bits per heavy atom. The minimum Gasteiger partial charge on any atom is -0.392 e. The van der Waals surface area contributed by atoms with Crippen molar-refractivity contribution in [3.63, 3.8) is 0 Å². The van der Waals surface area contributed by atoms with Gasteiger partial charge in [0.2, 0.25) is 10.0 Å². The van der Waals surface area contributed by atoms with Gasteiger partial charge in [0.25, 0.3) is 0 Å². The van der Waals surface area contributed by atoms with E-state index in [9.17, 15) is 8.42 Å². The highest BCUT2D eigenvalue weighted by atomic mass is 32.2. The highest BCUT2D eigenvalue weighted by Crippen LogP contribution is 2.20. The second kappa shape index (κ2) is 6.79. The Hall–Kier alpha value is -0.240. The lowest BCUT2D eigenvalue weighted by Crippen LogP contribution is -2.47. The van der Waals surface area contributed by atoms with Gasteiger partial charge in [0, 0.05) is 19.3 Å². The quantitative estimate of drug-likeness (QED) is 0.708. The molecule has 2 unspecified atom stereocenters. The van der Waals surface area contributed by atoms with E-state index in [-0.39, 0.29) is 11.0 Å². The molecule has 1 saturated heterocycles. The van der Waals surface area contributed by atoms with Crippen LogP contribution < -0.4 is 10.5 Å². The molecular formula is C11H22N2O3S2. The van der Waals surface area contributed by atoms with Crippen LogP contribution in [0.15, 0.2) is 0 Å². The summed E-state index contributed by atoms with van der Waals surface area (Å²) < 4.78 is 32.3. The zero-order valence-corrected chi connectivity index (χ0v) is 12.5. The Morgan fingerprint density at radius 3 is 2.50 bits per heavy atom. The van der Waals surface area contributed by atoms with Gasteiger partial charge < -0.3 is 10.5 Å². The molecule has 1 fully saturated rings. The highest BCUT2D eigenvalue weighted by Gasteiger charge is 2.30. The van der Waals surface area contributed by atoms with E-state index < -0.39 is 15.3 Å². The first-order valence-corrected chi connectivity index (χ1v) is 8.22. The first kappa shape index (κ1) is 15.8. The first-order chi connectivity index (χ1) is 8.38. The Morgan fingerprint density at radius 2 is 2.06 bits per heavy atom. The summed E-state index contributed by atoms with van der Waals surface area (Å²) in [4.78, 5) is 0.0316. The molecule has 0 aromatic rings. The fraction of sp³-hybridized carbons (Fsp3) is 0.909. The third-order valence-electron chi connectivity index (χ3n) is 3.39. The van der Waals surface area contributed by atoms with E-state index in [0.717, 1.165) is 12.8 Å². The van der Waals surface area contributed by atoms with Crippen LogP contribution in [0, 0.1) is 5.92 Å². The molecule has 18 heavy (non-hydrogen) atoms. The van der Waals surface area contributed by atoms with Gasteiger partial charge in [0.15, 0.2) is 0 Å². The van der Waals surface area contributed by atoms with Crippen LogP contribution in [-0.4, -0.2) is 37.9 Å². The van der Waals surface area contributed by atoms with E-state index in [1.54, 1.807) is 6.92 Å². The van der Waals surface area contributed by atoms with Gasteiger partial charge in [-0.05, 0) is 32.1 Å². The zero-order chi connectivity index (χ0) is 13.8. The number of hydrogen-bond acceptors (Lipinski definition) is 4. The second-order valence-electron chi connectivity index (χ2n) is 4.70. The second-order valence-corrected chi connectivity index (χ2v) is 7.07. The third kappa shape index (κ3) is 4.15. The Balaban J connectivity index is 2.66. The molecule has 1 aliphatic heterocycles. The van der Waals surface area contributed by atoms with Gasteiger partial charge in [-0.2, -0.15) is 0 Å². The Bertz CT molecular complexity index is 378.